The van der Waals surface area contributed by atoms with Crippen molar-refractivity contribution in [3.8, 4) is 39.1 Å². The first kappa shape index (κ1) is 28.4. The van der Waals surface area contributed by atoms with Crippen molar-refractivity contribution in [2.24, 2.45) is 0 Å². The van der Waals surface area contributed by atoms with E-state index in [9.17, 15) is 0 Å². The molecule has 0 unspecified atom stereocenters. The summed E-state index contributed by atoms with van der Waals surface area (Å²) in [6.07, 6.45) is 0. The van der Waals surface area contributed by atoms with Crippen LogP contribution < -0.4 is 0 Å². The lowest BCUT2D eigenvalue weighted by atomic mass is 9.98. The van der Waals surface area contributed by atoms with Crippen LogP contribution in [0.1, 0.15) is 0 Å². The third-order valence-electron chi connectivity index (χ3n) is 10.4. The largest absolute Gasteiger partial charge is 0.456 e. The summed E-state index contributed by atoms with van der Waals surface area (Å²) in [4.78, 5) is 0. The predicted molar refractivity (Wildman–Crippen MR) is 217 cm³/mol. The molecule has 0 amide bonds. The molecule has 11 rings (SSSR count). The quantitative estimate of drug-likeness (QED) is 0.183. The molecule has 8 aromatic carbocycles. The first-order valence-corrected chi connectivity index (χ1v) is 18.2. The molecule has 0 bridgehead atoms. The van der Waals surface area contributed by atoms with Crippen LogP contribution in [0.5, 0.6) is 0 Å². The minimum Gasteiger partial charge on any atom is -0.456 e. The Morgan fingerprint density at radius 3 is 1.61 bits per heavy atom. The standard InChI is InChI=1S/C48H29NOS/c1-3-11-30(12-4-1)35-16-9-18-38-39-19-10-17-36(48(39)51-47(35)38)33-23-26-46-42(29-33)41-28-32(22-25-45(41)50-46)31-21-24-44-40(27-31)37-15-7-8-20-43(37)49(44)34-13-5-2-6-14-34/h1-29H. The number of thiophene rings is 1. The minimum atomic E-state index is 0.903. The second-order valence-electron chi connectivity index (χ2n) is 13.3. The molecule has 11 aromatic rings. The van der Waals surface area contributed by atoms with Crippen LogP contribution in [0.4, 0.5) is 0 Å². The maximum Gasteiger partial charge on any atom is 0.135 e. The van der Waals surface area contributed by atoms with Crippen molar-refractivity contribution in [2.45, 2.75) is 0 Å². The van der Waals surface area contributed by atoms with Crippen LogP contribution in [0.3, 0.4) is 0 Å². The molecular weight excluding hydrogens is 639 g/mol. The average Bonchev–Trinajstić information content (AvgIpc) is 3.87. The van der Waals surface area contributed by atoms with E-state index in [4.69, 9.17) is 4.42 Å². The van der Waals surface area contributed by atoms with E-state index in [1.165, 1.54) is 81.0 Å². The van der Waals surface area contributed by atoms with E-state index in [1.807, 2.05) is 11.3 Å². The lowest BCUT2D eigenvalue weighted by molar-refractivity contribution is 0.669. The van der Waals surface area contributed by atoms with Gasteiger partial charge in [0.1, 0.15) is 11.2 Å². The first-order chi connectivity index (χ1) is 25.3. The summed E-state index contributed by atoms with van der Waals surface area (Å²) in [5.74, 6) is 0. The maximum absolute atomic E-state index is 6.41. The molecule has 3 heteroatoms. The molecule has 0 aliphatic carbocycles. The van der Waals surface area contributed by atoms with Gasteiger partial charge in [-0.2, -0.15) is 0 Å². The fraction of sp³-hybridized carbons (Fsp3) is 0. The van der Waals surface area contributed by atoms with Crippen molar-refractivity contribution in [1.82, 2.24) is 4.57 Å². The van der Waals surface area contributed by atoms with E-state index in [2.05, 4.69) is 180 Å². The van der Waals surface area contributed by atoms with Gasteiger partial charge in [0.2, 0.25) is 0 Å². The van der Waals surface area contributed by atoms with E-state index >= 15 is 0 Å². The number of benzene rings is 8. The van der Waals surface area contributed by atoms with Gasteiger partial charge in [0.25, 0.3) is 0 Å². The Morgan fingerprint density at radius 2 is 0.882 bits per heavy atom. The van der Waals surface area contributed by atoms with E-state index < -0.39 is 0 Å². The molecule has 2 nitrogen and oxygen atoms in total. The Hall–Kier alpha value is -6.42. The fourth-order valence-corrected chi connectivity index (χ4v) is 9.40. The zero-order valence-corrected chi connectivity index (χ0v) is 28.3. The molecule has 0 saturated heterocycles. The topological polar surface area (TPSA) is 18.1 Å². The van der Waals surface area contributed by atoms with Crippen molar-refractivity contribution in [3.63, 3.8) is 0 Å². The molecule has 51 heavy (non-hydrogen) atoms. The predicted octanol–water partition coefficient (Wildman–Crippen LogP) is 14.1. The van der Waals surface area contributed by atoms with E-state index in [1.54, 1.807) is 0 Å². The van der Waals surface area contributed by atoms with Gasteiger partial charge in [0, 0.05) is 47.4 Å². The highest BCUT2D eigenvalue weighted by Gasteiger charge is 2.17. The first-order valence-electron chi connectivity index (χ1n) is 17.3. The highest BCUT2D eigenvalue weighted by atomic mass is 32.1. The van der Waals surface area contributed by atoms with Gasteiger partial charge in [0.15, 0.2) is 0 Å². The SMILES string of the molecule is c1ccc(-c2cccc3c2sc2c(-c4ccc5oc6ccc(-c7ccc8c(c7)c7ccccc7n8-c7ccccc7)cc6c5c4)cccc23)cc1. The van der Waals surface area contributed by atoms with Crippen molar-refractivity contribution in [1.29, 1.82) is 0 Å². The summed E-state index contributed by atoms with van der Waals surface area (Å²) in [7, 11) is 0. The summed E-state index contributed by atoms with van der Waals surface area (Å²) in [5.41, 5.74) is 12.7. The van der Waals surface area contributed by atoms with Crippen LogP contribution in [0.25, 0.3) is 103 Å². The van der Waals surface area contributed by atoms with Crippen molar-refractivity contribution >= 4 is 75.3 Å². The van der Waals surface area contributed by atoms with Crippen LogP contribution >= 0.6 is 11.3 Å². The Labute approximate surface area is 298 Å². The van der Waals surface area contributed by atoms with Gasteiger partial charge in [-0.25, -0.2) is 0 Å². The highest BCUT2D eigenvalue weighted by Crippen LogP contribution is 2.45. The zero-order chi connectivity index (χ0) is 33.5. The number of aromatic nitrogens is 1. The van der Waals surface area contributed by atoms with Gasteiger partial charge < -0.3 is 8.98 Å². The fourth-order valence-electron chi connectivity index (χ4n) is 8.02. The second kappa shape index (κ2) is 11.0. The number of rotatable bonds is 4. The molecule has 238 valence electrons. The normalized spacial score (nSPS) is 11.9. The molecule has 0 aliphatic rings. The van der Waals surface area contributed by atoms with Gasteiger partial charge in [-0.15, -0.1) is 11.3 Å². The number of hydrogen-bond acceptors (Lipinski definition) is 2. The molecule has 0 N–H and O–H groups in total. The van der Waals surface area contributed by atoms with Crippen LogP contribution in [0, 0.1) is 0 Å². The van der Waals surface area contributed by atoms with Crippen LogP contribution in [-0.2, 0) is 0 Å². The highest BCUT2D eigenvalue weighted by molar-refractivity contribution is 7.26. The summed E-state index contributed by atoms with van der Waals surface area (Å²) in [6.45, 7) is 0. The van der Waals surface area contributed by atoms with Gasteiger partial charge in [0.05, 0.1) is 11.0 Å². The van der Waals surface area contributed by atoms with Gasteiger partial charge in [-0.1, -0.05) is 121 Å². The van der Waals surface area contributed by atoms with Gasteiger partial charge in [-0.05, 0) is 88.0 Å². The van der Waals surface area contributed by atoms with Crippen molar-refractivity contribution in [3.05, 3.63) is 176 Å². The monoisotopic (exact) mass is 667 g/mol. The number of para-hydroxylation sites is 2. The van der Waals surface area contributed by atoms with E-state index in [0.717, 1.165) is 21.9 Å². The Bertz CT molecular complexity index is 3130. The Morgan fingerprint density at radius 1 is 0.353 bits per heavy atom. The average molecular weight is 668 g/mol. The molecular formula is C48H29NOS. The van der Waals surface area contributed by atoms with Gasteiger partial charge >= 0.3 is 0 Å². The third kappa shape index (κ3) is 4.35. The van der Waals surface area contributed by atoms with Crippen LogP contribution in [0.15, 0.2) is 180 Å². The third-order valence-corrected chi connectivity index (χ3v) is 11.7. The molecule has 0 saturated carbocycles. The maximum atomic E-state index is 6.41. The molecule has 0 radical (unpaired) electrons. The Kier molecular flexibility index (Phi) is 6.16. The lowest BCUT2D eigenvalue weighted by Gasteiger charge is -2.08. The number of hydrogen-bond donors (Lipinski definition) is 0. The molecule has 0 atom stereocenters. The minimum absolute atomic E-state index is 0.903. The number of furan rings is 1. The molecule has 3 heterocycles. The smallest absolute Gasteiger partial charge is 0.135 e. The number of nitrogens with zero attached hydrogens (tertiary/aromatic N) is 1. The van der Waals surface area contributed by atoms with Crippen molar-refractivity contribution < 1.29 is 4.42 Å². The van der Waals surface area contributed by atoms with E-state index in [0.29, 0.717) is 0 Å². The second-order valence-corrected chi connectivity index (χ2v) is 14.3. The molecule has 0 spiro atoms. The molecule has 0 fully saturated rings. The van der Waals surface area contributed by atoms with Crippen molar-refractivity contribution in [2.75, 3.05) is 0 Å². The summed E-state index contributed by atoms with van der Waals surface area (Å²) in [5, 5.41) is 7.37. The van der Waals surface area contributed by atoms with Gasteiger partial charge in [-0.3, -0.25) is 0 Å². The molecule has 3 aromatic heterocycles. The number of fused-ring (bicyclic) bond motifs is 9. The van der Waals surface area contributed by atoms with E-state index in [-0.39, 0.29) is 0 Å². The Balaban J connectivity index is 1.06. The molecule has 0 aliphatic heterocycles. The summed E-state index contributed by atoms with van der Waals surface area (Å²) < 4.78 is 11.4. The summed E-state index contributed by atoms with van der Waals surface area (Å²) in [6, 6.07) is 63.6. The van der Waals surface area contributed by atoms with Crippen LogP contribution in [-0.4, -0.2) is 4.57 Å². The van der Waals surface area contributed by atoms with Crippen LogP contribution in [0.2, 0.25) is 0 Å². The summed E-state index contributed by atoms with van der Waals surface area (Å²) >= 11 is 1.89. The lowest BCUT2D eigenvalue weighted by Crippen LogP contribution is -1.92. The zero-order valence-electron chi connectivity index (χ0n) is 27.5.